The van der Waals surface area contributed by atoms with E-state index < -0.39 is 0 Å². The zero-order valence-corrected chi connectivity index (χ0v) is 12.2. The molecule has 0 fully saturated rings. The number of rotatable bonds is 4. The number of hydrogen-bond acceptors (Lipinski definition) is 2. The van der Waals surface area contributed by atoms with Gasteiger partial charge in [0, 0.05) is 22.7 Å². The molecule has 0 amide bonds. The van der Waals surface area contributed by atoms with Gasteiger partial charge in [-0.3, -0.25) is 4.79 Å². The molecule has 0 aliphatic heterocycles. The highest BCUT2D eigenvalue weighted by atomic mass is 16.5. The van der Waals surface area contributed by atoms with E-state index in [-0.39, 0.29) is 5.78 Å². The summed E-state index contributed by atoms with van der Waals surface area (Å²) in [5.41, 5.74) is 2.98. The number of nitrogens with zero attached hydrogens (tertiary/aromatic N) is 1. The number of ketones is 1. The number of aryl methyl sites for hydroxylation is 1. The van der Waals surface area contributed by atoms with Gasteiger partial charge in [0.1, 0.15) is 5.75 Å². The molecule has 0 unspecified atom stereocenters. The van der Waals surface area contributed by atoms with E-state index in [9.17, 15) is 4.79 Å². The predicted molar refractivity (Wildman–Crippen MR) is 84.0 cm³/mol. The fourth-order valence-electron chi connectivity index (χ4n) is 2.56. The monoisotopic (exact) mass is 279 g/mol. The second-order valence-corrected chi connectivity index (χ2v) is 5.11. The molecule has 1 aromatic heterocycles. The Morgan fingerprint density at radius 3 is 2.76 bits per heavy atom. The molecule has 2 aromatic carbocycles. The summed E-state index contributed by atoms with van der Waals surface area (Å²) >= 11 is 0. The van der Waals surface area contributed by atoms with E-state index in [4.69, 9.17) is 4.74 Å². The number of Topliss-reactive ketones (excluding diaryl/α,β-unsaturated/α-hetero) is 1. The number of aromatic nitrogens is 1. The van der Waals surface area contributed by atoms with Crippen LogP contribution in [0.25, 0.3) is 10.9 Å². The number of carbonyl (C=O) groups is 1. The van der Waals surface area contributed by atoms with Gasteiger partial charge in [-0.05, 0) is 36.8 Å². The van der Waals surface area contributed by atoms with Crippen molar-refractivity contribution >= 4 is 16.7 Å². The first-order valence-corrected chi connectivity index (χ1v) is 6.91. The Kier molecular flexibility index (Phi) is 3.48. The Bertz CT molecular complexity index is 802. The van der Waals surface area contributed by atoms with Crippen LogP contribution < -0.4 is 4.74 Å². The summed E-state index contributed by atoms with van der Waals surface area (Å²) < 4.78 is 7.16. The van der Waals surface area contributed by atoms with Gasteiger partial charge in [0.15, 0.2) is 5.78 Å². The number of ether oxygens (including phenoxy) is 1. The van der Waals surface area contributed by atoms with Crippen molar-refractivity contribution in [2.24, 2.45) is 0 Å². The lowest BCUT2D eigenvalue weighted by Crippen LogP contribution is -2.09. The summed E-state index contributed by atoms with van der Waals surface area (Å²) in [7, 11) is 1.60. The molecule has 0 aliphatic carbocycles. The topological polar surface area (TPSA) is 31.2 Å². The zero-order chi connectivity index (χ0) is 14.8. The Balaban J connectivity index is 1.91. The van der Waals surface area contributed by atoms with Gasteiger partial charge in [-0.2, -0.15) is 0 Å². The maximum Gasteiger partial charge on any atom is 0.182 e. The van der Waals surface area contributed by atoms with Gasteiger partial charge in [0.25, 0.3) is 0 Å². The van der Waals surface area contributed by atoms with E-state index in [2.05, 4.69) is 19.1 Å². The van der Waals surface area contributed by atoms with E-state index in [0.29, 0.717) is 17.9 Å². The zero-order valence-electron chi connectivity index (χ0n) is 12.2. The smallest absolute Gasteiger partial charge is 0.182 e. The first-order valence-electron chi connectivity index (χ1n) is 6.91. The van der Waals surface area contributed by atoms with Crippen LogP contribution in [0.2, 0.25) is 0 Å². The highest BCUT2D eigenvalue weighted by Gasteiger charge is 2.10. The highest BCUT2D eigenvalue weighted by Crippen LogP contribution is 2.20. The molecule has 0 saturated carbocycles. The molecule has 0 aliphatic rings. The summed E-state index contributed by atoms with van der Waals surface area (Å²) in [6.07, 6.45) is 1.97. The number of carbonyl (C=O) groups excluding carboxylic acids is 1. The molecule has 3 rings (SSSR count). The number of methoxy groups -OCH3 is 1. The molecule has 0 radical (unpaired) electrons. The molecule has 0 spiro atoms. The summed E-state index contributed by atoms with van der Waals surface area (Å²) in [5, 5.41) is 1.19. The summed E-state index contributed by atoms with van der Waals surface area (Å²) in [4.78, 5) is 12.4. The second-order valence-electron chi connectivity index (χ2n) is 5.11. The van der Waals surface area contributed by atoms with Crippen LogP contribution in [0.4, 0.5) is 0 Å². The SMILES string of the molecule is COc1cccc(C(=O)Cn2ccc3c(C)cccc32)c1. The van der Waals surface area contributed by atoms with Gasteiger partial charge in [-0.25, -0.2) is 0 Å². The third kappa shape index (κ3) is 2.55. The number of fused-ring (bicyclic) bond motifs is 1. The van der Waals surface area contributed by atoms with Gasteiger partial charge in [-0.15, -0.1) is 0 Å². The van der Waals surface area contributed by atoms with Crippen molar-refractivity contribution in [2.75, 3.05) is 7.11 Å². The quantitative estimate of drug-likeness (QED) is 0.679. The van der Waals surface area contributed by atoms with Crippen LogP contribution >= 0.6 is 0 Å². The third-order valence-electron chi connectivity index (χ3n) is 3.74. The largest absolute Gasteiger partial charge is 0.497 e. The van der Waals surface area contributed by atoms with Crippen LogP contribution in [-0.4, -0.2) is 17.5 Å². The lowest BCUT2D eigenvalue weighted by atomic mass is 10.1. The van der Waals surface area contributed by atoms with E-state index in [1.807, 2.05) is 41.1 Å². The van der Waals surface area contributed by atoms with Gasteiger partial charge < -0.3 is 9.30 Å². The molecule has 3 nitrogen and oxygen atoms in total. The van der Waals surface area contributed by atoms with Crippen molar-refractivity contribution in [2.45, 2.75) is 13.5 Å². The maximum atomic E-state index is 12.4. The molecule has 1 heterocycles. The molecular weight excluding hydrogens is 262 g/mol. The van der Waals surface area contributed by atoms with E-state index in [0.717, 1.165) is 5.52 Å². The molecular formula is C18H17NO2. The van der Waals surface area contributed by atoms with E-state index in [1.54, 1.807) is 13.2 Å². The summed E-state index contributed by atoms with van der Waals surface area (Å²) in [6, 6.07) is 15.5. The number of benzene rings is 2. The maximum absolute atomic E-state index is 12.4. The van der Waals surface area contributed by atoms with Crippen LogP contribution in [0.3, 0.4) is 0 Å². The molecule has 0 saturated heterocycles. The minimum absolute atomic E-state index is 0.0768. The van der Waals surface area contributed by atoms with Crippen molar-refractivity contribution in [1.82, 2.24) is 4.57 Å². The Morgan fingerprint density at radius 1 is 1.14 bits per heavy atom. The van der Waals surface area contributed by atoms with Crippen LogP contribution in [0, 0.1) is 6.92 Å². The van der Waals surface area contributed by atoms with Gasteiger partial charge in [0.05, 0.1) is 13.7 Å². The normalized spacial score (nSPS) is 10.8. The van der Waals surface area contributed by atoms with Crippen LogP contribution in [0.1, 0.15) is 15.9 Å². The fraction of sp³-hybridized carbons (Fsp3) is 0.167. The minimum atomic E-state index is 0.0768. The Hall–Kier alpha value is -2.55. The first kappa shape index (κ1) is 13.4. The van der Waals surface area contributed by atoms with Crippen molar-refractivity contribution in [3.8, 4) is 5.75 Å². The summed E-state index contributed by atoms with van der Waals surface area (Å²) in [6.45, 7) is 2.41. The fourth-order valence-corrected chi connectivity index (χ4v) is 2.56. The van der Waals surface area contributed by atoms with Gasteiger partial charge in [-0.1, -0.05) is 24.3 Å². The Labute approximate surface area is 123 Å². The lowest BCUT2D eigenvalue weighted by Gasteiger charge is -2.07. The molecule has 0 bridgehead atoms. The molecule has 106 valence electrons. The molecule has 3 heteroatoms. The van der Waals surface area contributed by atoms with Crippen LogP contribution in [-0.2, 0) is 6.54 Å². The van der Waals surface area contributed by atoms with Gasteiger partial charge >= 0.3 is 0 Å². The van der Waals surface area contributed by atoms with Crippen LogP contribution in [0.5, 0.6) is 5.75 Å². The van der Waals surface area contributed by atoms with Crippen LogP contribution in [0.15, 0.2) is 54.7 Å². The average molecular weight is 279 g/mol. The van der Waals surface area contributed by atoms with Crippen molar-refractivity contribution in [3.63, 3.8) is 0 Å². The van der Waals surface area contributed by atoms with Crippen molar-refractivity contribution in [3.05, 3.63) is 65.9 Å². The average Bonchev–Trinajstić information content (AvgIpc) is 2.92. The minimum Gasteiger partial charge on any atom is -0.497 e. The first-order chi connectivity index (χ1) is 10.2. The van der Waals surface area contributed by atoms with Crippen molar-refractivity contribution < 1.29 is 9.53 Å². The molecule has 21 heavy (non-hydrogen) atoms. The van der Waals surface area contributed by atoms with Crippen molar-refractivity contribution in [1.29, 1.82) is 0 Å². The molecule has 0 N–H and O–H groups in total. The lowest BCUT2D eigenvalue weighted by molar-refractivity contribution is 0.0973. The highest BCUT2D eigenvalue weighted by molar-refractivity contribution is 5.97. The summed E-state index contributed by atoms with van der Waals surface area (Å²) in [5.74, 6) is 0.780. The van der Waals surface area contributed by atoms with E-state index in [1.165, 1.54) is 10.9 Å². The molecule has 0 atom stereocenters. The standard InChI is InChI=1S/C18H17NO2/c1-13-5-3-8-17-16(13)9-10-19(17)12-18(20)14-6-4-7-15(11-14)21-2/h3-11H,12H2,1-2H3. The Morgan fingerprint density at radius 2 is 1.95 bits per heavy atom. The van der Waals surface area contributed by atoms with E-state index >= 15 is 0 Å². The molecule has 3 aromatic rings. The third-order valence-corrected chi connectivity index (χ3v) is 3.74. The predicted octanol–water partition coefficient (Wildman–Crippen LogP) is 3.84. The second kappa shape index (κ2) is 5.44. The number of hydrogen-bond donors (Lipinski definition) is 0. The van der Waals surface area contributed by atoms with Gasteiger partial charge in [0.2, 0.25) is 0 Å².